The van der Waals surface area contributed by atoms with Gasteiger partial charge in [-0.05, 0) is 24.3 Å². The maximum atomic E-state index is 13.7. The molecule has 16 heavy (non-hydrogen) atoms. The molecule has 1 unspecified atom stereocenters. The van der Waals surface area contributed by atoms with Gasteiger partial charge in [-0.2, -0.15) is 0 Å². The zero-order chi connectivity index (χ0) is 11.7. The van der Waals surface area contributed by atoms with E-state index < -0.39 is 0 Å². The van der Waals surface area contributed by atoms with Gasteiger partial charge in [-0.1, -0.05) is 45.2 Å². The SMILES string of the molecule is Fc1cc(Cl)ccc1C(Br)c1ccc(Cl)s1. The zero-order valence-electron chi connectivity index (χ0n) is 7.88. The first-order chi connectivity index (χ1) is 7.58. The third-order valence-electron chi connectivity index (χ3n) is 2.08. The molecule has 0 N–H and O–H groups in total. The molecule has 2 rings (SSSR count). The Morgan fingerprint density at radius 2 is 1.94 bits per heavy atom. The van der Waals surface area contributed by atoms with Gasteiger partial charge in [0.2, 0.25) is 0 Å². The standard InChI is InChI=1S/C11H6BrCl2FS/c12-11(9-3-4-10(14)16-9)7-2-1-6(13)5-8(7)15/h1-5,11H. The van der Waals surface area contributed by atoms with Crippen LogP contribution in [-0.2, 0) is 0 Å². The molecule has 1 heterocycles. The molecule has 0 saturated heterocycles. The third-order valence-corrected chi connectivity index (χ3v) is 4.90. The van der Waals surface area contributed by atoms with E-state index in [1.807, 2.05) is 6.07 Å². The summed E-state index contributed by atoms with van der Waals surface area (Å²) in [4.78, 5) is 0.772. The summed E-state index contributed by atoms with van der Waals surface area (Å²) in [7, 11) is 0. The molecule has 0 radical (unpaired) electrons. The van der Waals surface area contributed by atoms with Crippen molar-refractivity contribution in [2.24, 2.45) is 0 Å². The van der Waals surface area contributed by atoms with Gasteiger partial charge in [0, 0.05) is 15.5 Å². The highest BCUT2D eigenvalue weighted by molar-refractivity contribution is 9.09. The van der Waals surface area contributed by atoms with Gasteiger partial charge in [-0.15, -0.1) is 11.3 Å². The predicted molar refractivity (Wildman–Crippen MR) is 71.5 cm³/mol. The number of benzene rings is 1. The smallest absolute Gasteiger partial charge is 0.129 e. The molecule has 2 aromatic rings. The van der Waals surface area contributed by atoms with Crippen molar-refractivity contribution in [3.8, 4) is 0 Å². The molecule has 84 valence electrons. The Bertz CT molecular complexity index is 512. The van der Waals surface area contributed by atoms with E-state index in [9.17, 15) is 4.39 Å². The van der Waals surface area contributed by atoms with Crippen LogP contribution >= 0.6 is 50.5 Å². The maximum absolute atomic E-state index is 13.7. The number of thiophene rings is 1. The van der Waals surface area contributed by atoms with Crippen molar-refractivity contribution in [2.45, 2.75) is 4.83 Å². The number of hydrogen-bond donors (Lipinski definition) is 0. The molecule has 0 saturated carbocycles. The monoisotopic (exact) mass is 338 g/mol. The largest absolute Gasteiger partial charge is 0.207 e. The van der Waals surface area contributed by atoms with E-state index in [1.165, 1.54) is 17.4 Å². The lowest BCUT2D eigenvalue weighted by Crippen LogP contribution is -1.93. The first-order valence-corrected chi connectivity index (χ1v) is 6.91. The quantitative estimate of drug-likeness (QED) is 0.617. The molecule has 1 aromatic heterocycles. The molecule has 5 heteroatoms. The summed E-state index contributed by atoms with van der Waals surface area (Å²) in [6, 6.07) is 8.32. The normalized spacial score (nSPS) is 12.8. The van der Waals surface area contributed by atoms with Gasteiger partial charge < -0.3 is 0 Å². The minimum absolute atomic E-state index is 0.192. The van der Waals surface area contributed by atoms with Crippen molar-refractivity contribution in [1.82, 2.24) is 0 Å². The number of rotatable bonds is 2. The van der Waals surface area contributed by atoms with E-state index >= 15 is 0 Å². The fourth-order valence-corrected chi connectivity index (χ4v) is 3.35. The summed E-state index contributed by atoms with van der Waals surface area (Å²) in [5.74, 6) is -0.320. The summed E-state index contributed by atoms with van der Waals surface area (Å²) in [6.45, 7) is 0. The lowest BCUT2D eigenvalue weighted by atomic mass is 10.1. The van der Waals surface area contributed by atoms with Crippen LogP contribution in [0.25, 0.3) is 0 Å². The van der Waals surface area contributed by atoms with E-state index in [-0.39, 0.29) is 10.6 Å². The molecule has 0 aliphatic heterocycles. The van der Waals surface area contributed by atoms with Crippen LogP contribution in [0, 0.1) is 5.82 Å². The number of hydrogen-bond acceptors (Lipinski definition) is 1. The fourth-order valence-electron chi connectivity index (χ4n) is 1.32. The number of alkyl halides is 1. The van der Waals surface area contributed by atoms with Crippen molar-refractivity contribution in [3.63, 3.8) is 0 Å². The minimum Gasteiger partial charge on any atom is -0.207 e. The molecule has 0 fully saturated rings. The van der Waals surface area contributed by atoms with Gasteiger partial charge in [0.05, 0.1) is 9.16 Å². The Hall–Kier alpha value is -0.0900. The van der Waals surface area contributed by atoms with Crippen LogP contribution < -0.4 is 0 Å². The van der Waals surface area contributed by atoms with E-state index in [0.717, 1.165) is 4.88 Å². The minimum atomic E-state index is -0.320. The van der Waals surface area contributed by atoms with Crippen LogP contribution in [0.4, 0.5) is 4.39 Å². The Balaban J connectivity index is 2.37. The molecule has 0 spiro atoms. The Labute approximate surface area is 115 Å². The predicted octanol–water partition coefficient (Wildman–Crippen LogP) is 5.68. The first-order valence-electron chi connectivity index (χ1n) is 4.42. The Morgan fingerprint density at radius 3 is 2.50 bits per heavy atom. The molecule has 1 atom stereocenters. The second kappa shape index (κ2) is 5.05. The second-order valence-corrected chi connectivity index (χ2v) is 6.27. The highest BCUT2D eigenvalue weighted by atomic mass is 79.9. The fraction of sp³-hybridized carbons (Fsp3) is 0.0909. The van der Waals surface area contributed by atoms with Gasteiger partial charge in [0.25, 0.3) is 0 Å². The zero-order valence-corrected chi connectivity index (χ0v) is 11.8. The van der Waals surface area contributed by atoms with Crippen molar-refractivity contribution in [1.29, 1.82) is 0 Å². The molecule has 0 amide bonds. The van der Waals surface area contributed by atoms with Gasteiger partial charge in [0.1, 0.15) is 5.82 Å². The van der Waals surface area contributed by atoms with Crippen molar-refractivity contribution in [2.75, 3.05) is 0 Å². The third kappa shape index (κ3) is 2.59. The van der Waals surface area contributed by atoms with Gasteiger partial charge in [0.15, 0.2) is 0 Å². The lowest BCUT2D eigenvalue weighted by Gasteiger charge is -2.09. The summed E-state index contributed by atoms with van der Waals surface area (Å²) < 4.78 is 14.3. The Morgan fingerprint density at radius 1 is 1.19 bits per heavy atom. The average Bonchev–Trinajstić information content (AvgIpc) is 2.64. The van der Waals surface area contributed by atoms with Crippen molar-refractivity contribution in [3.05, 3.63) is 55.9 Å². The molecular weight excluding hydrogens is 334 g/mol. The van der Waals surface area contributed by atoms with Crippen LogP contribution in [-0.4, -0.2) is 0 Å². The van der Waals surface area contributed by atoms with Crippen LogP contribution in [0.3, 0.4) is 0 Å². The van der Waals surface area contributed by atoms with Gasteiger partial charge in [-0.25, -0.2) is 4.39 Å². The van der Waals surface area contributed by atoms with Crippen molar-refractivity contribution < 1.29 is 4.39 Å². The van der Waals surface area contributed by atoms with Crippen LogP contribution in [0.15, 0.2) is 30.3 Å². The molecule has 1 aromatic carbocycles. The van der Waals surface area contributed by atoms with Gasteiger partial charge in [-0.3, -0.25) is 0 Å². The first kappa shape index (κ1) is 12.4. The van der Waals surface area contributed by atoms with E-state index in [2.05, 4.69) is 15.9 Å². The summed E-state index contributed by atoms with van der Waals surface area (Å²) in [6.07, 6.45) is 0. The molecule has 0 aliphatic rings. The molecular formula is C11H6BrCl2FS. The van der Waals surface area contributed by atoms with Crippen molar-refractivity contribution >= 4 is 50.5 Å². The molecule has 0 nitrogen and oxygen atoms in total. The Kier molecular flexibility index (Phi) is 3.90. The van der Waals surface area contributed by atoms with Gasteiger partial charge >= 0.3 is 0 Å². The maximum Gasteiger partial charge on any atom is 0.129 e. The van der Waals surface area contributed by atoms with Crippen LogP contribution in [0.1, 0.15) is 15.3 Å². The van der Waals surface area contributed by atoms with Crippen LogP contribution in [0.5, 0.6) is 0 Å². The molecule has 0 bridgehead atoms. The topological polar surface area (TPSA) is 0 Å². The summed E-state index contributed by atoms with van der Waals surface area (Å²) >= 11 is 16.4. The number of halogens is 4. The van der Waals surface area contributed by atoms with E-state index in [1.54, 1.807) is 18.2 Å². The van der Waals surface area contributed by atoms with E-state index in [4.69, 9.17) is 23.2 Å². The average molecular weight is 340 g/mol. The second-order valence-electron chi connectivity index (χ2n) is 3.17. The van der Waals surface area contributed by atoms with E-state index in [0.29, 0.717) is 14.9 Å². The van der Waals surface area contributed by atoms with Crippen LogP contribution in [0.2, 0.25) is 9.36 Å². The summed E-state index contributed by atoms with van der Waals surface area (Å²) in [5, 5.41) is 0.394. The summed E-state index contributed by atoms with van der Waals surface area (Å²) in [5.41, 5.74) is 0.558. The highest BCUT2D eigenvalue weighted by Gasteiger charge is 2.16. The molecule has 0 aliphatic carbocycles. The lowest BCUT2D eigenvalue weighted by molar-refractivity contribution is 0.614. The highest BCUT2D eigenvalue weighted by Crippen LogP contribution is 2.38.